The number of rotatable bonds is 6. The van der Waals surface area contributed by atoms with E-state index in [4.69, 9.17) is 4.74 Å². The van der Waals surface area contributed by atoms with Gasteiger partial charge < -0.3 is 10.1 Å². The summed E-state index contributed by atoms with van der Waals surface area (Å²) in [6, 6.07) is 24.0. The largest absolute Gasteiger partial charge is 0.497 e. The van der Waals surface area contributed by atoms with E-state index in [-0.39, 0.29) is 16.7 Å². The maximum atomic E-state index is 11.3. The molecule has 25 heavy (non-hydrogen) atoms. The van der Waals surface area contributed by atoms with E-state index in [0.29, 0.717) is 5.69 Å². The van der Waals surface area contributed by atoms with Crippen molar-refractivity contribution in [2.75, 3.05) is 12.4 Å². The summed E-state index contributed by atoms with van der Waals surface area (Å²) in [5, 5.41) is 14.6. The molecule has 0 aromatic heterocycles. The van der Waals surface area contributed by atoms with E-state index in [1.807, 2.05) is 54.6 Å². The van der Waals surface area contributed by atoms with E-state index < -0.39 is 0 Å². The number of nitrogens with one attached hydrogen (secondary N) is 1. The second kappa shape index (κ2) is 7.49. The number of hydrogen-bond acceptors (Lipinski definition) is 4. The van der Waals surface area contributed by atoms with Crippen LogP contribution in [0.15, 0.2) is 78.9 Å². The van der Waals surface area contributed by atoms with Gasteiger partial charge in [0, 0.05) is 6.07 Å². The molecule has 5 nitrogen and oxygen atoms in total. The fourth-order valence-electron chi connectivity index (χ4n) is 2.71. The smallest absolute Gasteiger partial charge is 0.292 e. The van der Waals surface area contributed by atoms with Crippen LogP contribution in [0.25, 0.3) is 0 Å². The summed E-state index contributed by atoms with van der Waals surface area (Å²) >= 11 is 0. The van der Waals surface area contributed by atoms with Crippen LogP contribution in [0.1, 0.15) is 17.2 Å². The summed E-state index contributed by atoms with van der Waals surface area (Å²) in [7, 11) is 1.62. The first-order valence-corrected chi connectivity index (χ1v) is 7.88. The maximum absolute atomic E-state index is 11.3. The highest BCUT2D eigenvalue weighted by Gasteiger charge is 2.19. The van der Waals surface area contributed by atoms with Crippen molar-refractivity contribution >= 4 is 11.4 Å². The standard InChI is InChI=1S/C20H18N2O3/c1-25-17-13-11-16(12-14-17)20(15-7-3-2-4-8-15)21-18-9-5-6-10-19(18)22(23)24/h2-14,20-21H,1H3/t20-/m0/s1. The van der Waals surface area contributed by atoms with Crippen molar-refractivity contribution in [1.29, 1.82) is 0 Å². The van der Waals surface area contributed by atoms with E-state index in [9.17, 15) is 10.1 Å². The van der Waals surface area contributed by atoms with Crippen molar-refractivity contribution in [2.45, 2.75) is 6.04 Å². The molecular formula is C20H18N2O3. The lowest BCUT2D eigenvalue weighted by Gasteiger charge is -2.21. The molecule has 0 radical (unpaired) electrons. The van der Waals surface area contributed by atoms with E-state index >= 15 is 0 Å². The van der Waals surface area contributed by atoms with Crippen molar-refractivity contribution in [3.05, 3.63) is 100 Å². The van der Waals surface area contributed by atoms with Crippen molar-refractivity contribution in [3.63, 3.8) is 0 Å². The molecule has 0 amide bonds. The van der Waals surface area contributed by atoms with Gasteiger partial charge in [-0.25, -0.2) is 0 Å². The summed E-state index contributed by atoms with van der Waals surface area (Å²) in [6.45, 7) is 0. The van der Waals surface area contributed by atoms with Gasteiger partial charge in [-0.05, 0) is 29.3 Å². The Balaban J connectivity index is 2.01. The van der Waals surface area contributed by atoms with Gasteiger partial charge in [-0.3, -0.25) is 10.1 Å². The lowest BCUT2D eigenvalue weighted by Crippen LogP contribution is -2.13. The molecule has 0 aliphatic carbocycles. The topological polar surface area (TPSA) is 64.4 Å². The summed E-state index contributed by atoms with van der Waals surface area (Å²) in [5.74, 6) is 0.765. The Labute approximate surface area is 146 Å². The van der Waals surface area contributed by atoms with E-state index in [0.717, 1.165) is 16.9 Å². The molecule has 0 unspecified atom stereocenters. The van der Waals surface area contributed by atoms with Gasteiger partial charge in [0.15, 0.2) is 0 Å². The van der Waals surface area contributed by atoms with Crippen molar-refractivity contribution < 1.29 is 9.66 Å². The predicted molar refractivity (Wildman–Crippen MR) is 98.0 cm³/mol. The number of hydrogen-bond donors (Lipinski definition) is 1. The molecule has 5 heteroatoms. The lowest BCUT2D eigenvalue weighted by molar-refractivity contribution is -0.384. The van der Waals surface area contributed by atoms with Crippen LogP contribution < -0.4 is 10.1 Å². The second-order valence-corrected chi connectivity index (χ2v) is 5.54. The third-order valence-corrected chi connectivity index (χ3v) is 3.98. The molecule has 0 fully saturated rings. The lowest BCUT2D eigenvalue weighted by atomic mass is 9.98. The molecule has 0 saturated carbocycles. The Morgan fingerprint density at radius 3 is 2.12 bits per heavy atom. The van der Waals surface area contributed by atoms with Crippen LogP contribution in [0.5, 0.6) is 5.75 Å². The highest BCUT2D eigenvalue weighted by Crippen LogP contribution is 2.32. The van der Waals surface area contributed by atoms with Crippen LogP contribution in [-0.2, 0) is 0 Å². The zero-order valence-corrected chi connectivity index (χ0v) is 13.8. The number of para-hydroxylation sites is 2. The summed E-state index contributed by atoms with van der Waals surface area (Å²) < 4.78 is 5.21. The summed E-state index contributed by atoms with van der Waals surface area (Å²) in [5.41, 5.74) is 2.55. The number of ether oxygens (including phenoxy) is 1. The van der Waals surface area contributed by atoms with E-state index in [1.165, 1.54) is 6.07 Å². The zero-order valence-electron chi connectivity index (χ0n) is 13.8. The Morgan fingerprint density at radius 2 is 1.48 bits per heavy atom. The molecule has 0 spiro atoms. The minimum Gasteiger partial charge on any atom is -0.497 e. The first-order valence-electron chi connectivity index (χ1n) is 7.88. The predicted octanol–water partition coefficient (Wildman–Crippen LogP) is 4.80. The fraction of sp³-hybridized carbons (Fsp3) is 0.100. The molecule has 126 valence electrons. The molecule has 0 aliphatic rings. The fourth-order valence-corrected chi connectivity index (χ4v) is 2.71. The zero-order chi connectivity index (χ0) is 17.6. The molecular weight excluding hydrogens is 316 g/mol. The first-order chi connectivity index (χ1) is 12.2. The average molecular weight is 334 g/mol. The molecule has 0 saturated heterocycles. The third-order valence-electron chi connectivity index (χ3n) is 3.98. The number of nitro benzene ring substituents is 1. The van der Waals surface area contributed by atoms with Crippen LogP contribution in [0.3, 0.4) is 0 Å². The number of nitrogens with zero attached hydrogens (tertiary/aromatic N) is 1. The molecule has 3 aromatic rings. The van der Waals surface area contributed by atoms with Crippen molar-refractivity contribution in [3.8, 4) is 5.75 Å². The molecule has 0 bridgehead atoms. The monoisotopic (exact) mass is 334 g/mol. The number of benzene rings is 3. The Bertz CT molecular complexity index is 848. The van der Waals surface area contributed by atoms with Crippen molar-refractivity contribution in [2.24, 2.45) is 0 Å². The summed E-state index contributed by atoms with van der Waals surface area (Å²) in [4.78, 5) is 10.9. The highest BCUT2D eigenvalue weighted by molar-refractivity contribution is 5.63. The number of anilines is 1. The second-order valence-electron chi connectivity index (χ2n) is 5.54. The van der Waals surface area contributed by atoms with E-state index in [1.54, 1.807) is 25.3 Å². The van der Waals surface area contributed by atoms with Gasteiger partial charge in [0.2, 0.25) is 0 Å². The Hall–Kier alpha value is -3.34. The normalized spacial score (nSPS) is 11.6. The van der Waals surface area contributed by atoms with Crippen LogP contribution >= 0.6 is 0 Å². The van der Waals surface area contributed by atoms with Crippen LogP contribution in [0.4, 0.5) is 11.4 Å². The van der Waals surface area contributed by atoms with Gasteiger partial charge in [0.05, 0.1) is 18.1 Å². The van der Waals surface area contributed by atoms with Gasteiger partial charge >= 0.3 is 0 Å². The van der Waals surface area contributed by atoms with E-state index in [2.05, 4.69) is 5.32 Å². The molecule has 1 N–H and O–H groups in total. The minimum atomic E-state index is -0.377. The highest BCUT2D eigenvalue weighted by atomic mass is 16.6. The summed E-state index contributed by atoms with van der Waals surface area (Å²) in [6.07, 6.45) is 0. The average Bonchev–Trinajstić information content (AvgIpc) is 2.67. The van der Waals surface area contributed by atoms with Crippen LogP contribution in [0.2, 0.25) is 0 Å². The van der Waals surface area contributed by atoms with Crippen LogP contribution in [0, 0.1) is 10.1 Å². The van der Waals surface area contributed by atoms with Gasteiger partial charge in [-0.2, -0.15) is 0 Å². The third kappa shape index (κ3) is 3.77. The Morgan fingerprint density at radius 1 is 0.880 bits per heavy atom. The SMILES string of the molecule is COc1ccc([C@@H](Nc2ccccc2[N+](=O)[O-])c2ccccc2)cc1. The van der Waals surface area contributed by atoms with Gasteiger partial charge in [0.25, 0.3) is 5.69 Å². The molecule has 3 aromatic carbocycles. The van der Waals surface area contributed by atoms with Crippen LogP contribution in [-0.4, -0.2) is 12.0 Å². The first kappa shape index (κ1) is 16.5. The molecule has 0 heterocycles. The molecule has 1 atom stereocenters. The minimum absolute atomic E-state index is 0.0527. The Kier molecular flexibility index (Phi) is 4.95. The number of methoxy groups -OCH3 is 1. The van der Waals surface area contributed by atoms with Gasteiger partial charge in [-0.1, -0.05) is 54.6 Å². The number of nitro groups is 1. The molecule has 3 rings (SSSR count). The van der Waals surface area contributed by atoms with Gasteiger partial charge in [0.1, 0.15) is 11.4 Å². The van der Waals surface area contributed by atoms with Gasteiger partial charge in [-0.15, -0.1) is 0 Å². The maximum Gasteiger partial charge on any atom is 0.292 e. The van der Waals surface area contributed by atoms with Crippen molar-refractivity contribution in [1.82, 2.24) is 0 Å². The quantitative estimate of drug-likeness (QED) is 0.519. The molecule has 0 aliphatic heterocycles.